The molecule has 1 atom stereocenters. The van der Waals surface area contributed by atoms with Crippen LogP contribution in [0.25, 0.3) is 0 Å². The van der Waals surface area contributed by atoms with Crippen LogP contribution in [0.2, 0.25) is 0 Å². The lowest BCUT2D eigenvalue weighted by atomic mass is 9.68. The van der Waals surface area contributed by atoms with Crippen LogP contribution < -0.4 is 0 Å². The molecule has 3 aliphatic rings. The molecule has 1 unspecified atom stereocenters. The van der Waals surface area contributed by atoms with Gasteiger partial charge in [0.2, 0.25) is 0 Å². The van der Waals surface area contributed by atoms with Gasteiger partial charge in [-0.3, -0.25) is 4.90 Å². The standard InChI is InChI=1S/C19H25NO3/c21-15-18-7-8-19(22-10-11-23-19)12-17(18)6-9-20(14-18)13-16-4-2-1-3-5-16/h1-5,12,21H,6-11,13-15H2. The SMILES string of the molecule is OCC12CCC3(C=C1CCN(Cc1ccccc1)C2)OCCO3. The van der Waals surface area contributed by atoms with Crippen molar-refractivity contribution in [2.24, 2.45) is 5.41 Å². The number of hydrogen-bond acceptors (Lipinski definition) is 4. The maximum absolute atomic E-state index is 10.1. The van der Waals surface area contributed by atoms with Crippen molar-refractivity contribution in [3.8, 4) is 0 Å². The van der Waals surface area contributed by atoms with Gasteiger partial charge in [0.1, 0.15) is 0 Å². The quantitative estimate of drug-likeness (QED) is 0.869. The molecule has 2 aliphatic heterocycles. The molecule has 0 saturated carbocycles. The number of ether oxygens (including phenoxy) is 2. The van der Waals surface area contributed by atoms with Gasteiger partial charge in [0.15, 0.2) is 5.79 Å². The zero-order valence-electron chi connectivity index (χ0n) is 13.5. The summed E-state index contributed by atoms with van der Waals surface area (Å²) in [6.07, 6.45) is 4.94. The van der Waals surface area contributed by atoms with Gasteiger partial charge in [-0.05, 0) is 24.5 Å². The van der Waals surface area contributed by atoms with Crippen LogP contribution in [0.5, 0.6) is 0 Å². The molecule has 0 amide bonds. The van der Waals surface area contributed by atoms with Gasteiger partial charge >= 0.3 is 0 Å². The maximum Gasteiger partial charge on any atom is 0.188 e. The van der Waals surface area contributed by atoms with E-state index in [4.69, 9.17) is 9.47 Å². The van der Waals surface area contributed by atoms with Gasteiger partial charge in [0.05, 0.1) is 19.8 Å². The average molecular weight is 315 g/mol. The van der Waals surface area contributed by atoms with Gasteiger partial charge in [-0.2, -0.15) is 0 Å². The van der Waals surface area contributed by atoms with Crippen molar-refractivity contribution in [1.82, 2.24) is 4.90 Å². The fourth-order valence-electron chi connectivity index (χ4n) is 4.27. The van der Waals surface area contributed by atoms with Crippen LogP contribution in [-0.4, -0.2) is 48.7 Å². The van der Waals surface area contributed by atoms with E-state index in [1.165, 1.54) is 11.1 Å². The minimum Gasteiger partial charge on any atom is -0.395 e. The summed E-state index contributed by atoms with van der Waals surface area (Å²) in [7, 11) is 0. The third-order valence-corrected chi connectivity index (χ3v) is 5.58. The van der Waals surface area contributed by atoms with E-state index >= 15 is 0 Å². The molecule has 2 heterocycles. The molecule has 1 aliphatic carbocycles. The van der Waals surface area contributed by atoms with Crippen molar-refractivity contribution in [3.05, 3.63) is 47.5 Å². The highest BCUT2D eigenvalue weighted by atomic mass is 16.7. The molecule has 4 nitrogen and oxygen atoms in total. The predicted molar refractivity (Wildman–Crippen MR) is 87.8 cm³/mol. The zero-order chi connectivity index (χ0) is 15.8. The normalized spacial score (nSPS) is 30.2. The number of aliphatic hydroxyl groups is 1. The Balaban J connectivity index is 1.53. The summed E-state index contributed by atoms with van der Waals surface area (Å²) in [4.78, 5) is 2.47. The number of nitrogens with zero attached hydrogens (tertiary/aromatic N) is 1. The molecule has 1 aromatic carbocycles. The highest BCUT2D eigenvalue weighted by molar-refractivity contribution is 5.26. The molecule has 0 bridgehead atoms. The second-order valence-electron chi connectivity index (χ2n) is 7.06. The molecule has 1 aromatic rings. The summed E-state index contributed by atoms with van der Waals surface area (Å²) in [5.41, 5.74) is 2.55. The van der Waals surface area contributed by atoms with E-state index in [2.05, 4.69) is 41.3 Å². The molecular formula is C19H25NO3. The van der Waals surface area contributed by atoms with E-state index in [9.17, 15) is 5.11 Å². The minimum atomic E-state index is -0.504. The second-order valence-corrected chi connectivity index (χ2v) is 7.06. The van der Waals surface area contributed by atoms with Crippen LogP contribution in [-0.2, 0) is 16.0 Å². The highest BCUT2D eigenvalue weighted by Crippen LogP contribution is 2.47. The zero-order valence-corrected chi connectivity index (χ0v) is 13.5. The number of hydrogen-bond donors (Lipinski definition) is 1. The molecule has 1 spiro atoms. The highest BCUT2D eigenvalue weighted by Gasteiger charge is 2.48. The fraction of sp³-hybridized carbons (Fsp3) is 0.579. The maximum atomic E-state index is 10.1. The molecule has 4 heteroatoms. The molecular weight excluding hydrogens is 290 g/mol. The Bertz CT molecular complexity index is 580. The van der Waals surface area contributed by atoms with Crippen molar-refractivity contribution in [3.63, 3.8) is 0 Å². The molecule has 0 radical (unpaired) electrons. The van der Waals surface area contributed by atoms with Gasteiger partial charge in [0.25, 0.3) is 0 Å². The smallest absolute Gasteiger partial charge is 0.188 e. The average Bonchev–Trinajstić information content (AvgIpc) is 3.04. The third kappa shape index (κ3) is 2.85. The van der Waals surface area contributed by atoms with Gasteiger partial charge in [-0.1, -0.05) is 35.9 Å². The van der Waals surface area contributed by atoms with Crippen molar-refractivity contribution >= 4 is 0 Å². The van der Waals surface area contributed by atoms with E-state index in [0.717, 1.165) is 38.9 Å². The number of likely N-dealkylation sites (tertiary alicyclic amines) is 1. The molecule has 2 fully saturated rings. The number of rotatable bonds is 3. The molecule has 1 N–H and O–H groups in total. The lowest BCUT2D eigenvalue weighted by Crippen LogP contribution is -2.50. The van der Waals surface area contributed by atoms with E-state index < -0.39 is 5.79 Å². The summed E-state index contributed by atoms with van der Waals surface area (Å²) in [6, 6.07) is 10.6. The Hall–Kier alpha value is -1.20. The lowest BCUT2D eigenvalue weighted by Gasteiger charge is -2.48. The van der Waals surface area contributed by atoms with Crippen molar-refractivity contribution in [2.75, 3.05) is 32.9 Å². The summed E-state index contributed by atoms with van der Waals surface area (Å²) < 4.78 is 11.7. The summed E-state index contributed by atoms with van der Waals surface area (Å²) in [5.74, 6) is -0.504. The van der Waals surface area contributed by atoms with Gasteiger partial charge in [-0.15, -0.1) is 0 Å². The Labute approximate surface area is 137 Å². The second kappa shape index (κ2) is 6.02. The number of fused-ring (bicyclic) bond motifs is 1. The first-order valence-electron chi connectivity index (χ1n) is 8.61. The first kappa shape index (κ1) is 15.3. The predicted octanol–water partition coefficient (Wildman–Crippen LogP) is 2.33. The summed E-state index contributed by atoms with van der Waals surface area (Å²) >= 11 is 0. The van der Waals surface area contributed by atoms with Crippen molar-refractivity contribution < 1.29 is 14.6 Å². The molecule has 0 aromatic heterocycles. The van der Waals surface area contributed by atoms with E-state index in [-0.39, 0.29) is 12.0 Å². The first-order chi connectivity index (χ1) is 11.2. The van der Waals surface area contributed by atoms with E-state index in [1.54, 1.807) is 0 Å². The van der Waals surface area contributed by atoms with Gasteiger partial charge < -0.3 is 14.6 Å². The number of aliphatic hydroxyl groups excluding tert-OH is 1. The third-order valence-electron chi connectivity index (χ3n) is 5.58. The van der Waals surface area contributed by atoms with Crippen LogP contribution in [0.3, 0.4) is 0 Å². The summed E-state index contributed by atoms with van der Waals surface area (Å²) in [6.45, 7) is 4.46. The molecule has 23 heavy (non-hydrogen) atoms. The molecule has 4 rings (SSSR count). The monoisotopic (exact) mass is 315 g/mol. The van der Waals surface area contributed by atoms with Gasteiger partial charge in [-0.25, -0.2) is 0 Å². The van der Waals surface area contributed by atoms with Crippen molar-refractivity contribution in [2.45, 2.75) is 31.6 Å². The molecule has 124 valence electrons. The minimum absolute atomic E-state index is 0.117. The summed E-state index contributed by atoms with van der Waals surface area (Å²) in [5, 5.41) is 10.1. The first-order valence-corrected chi connectivity index (χ1v) is 8.61. The van der Waals surface area contributed by atoms with E-state index in [0.29, 0.717) is 13.2 Å². The number of piperidine rings is 1. The molecule has 2 saturated heterocycles. The fourth-order valence-corrected chi connectivity index (χ4v) is 4.27. The Kier molecular flexibility index (Phi) is 4.01. The van der Waals surface area contributed by atoms with Gasteiger partial charge in [0, 0.05) is 31.5 Å². The Morgan fingerprint density at radius 3 is 2.61 bits per heavy atom. The van der Waals surface area contributed by atoms with Crippen molar-refractivity contribution in [1.29, 1.82) is 0 Å². The lowest BCUT2D eigenvalue weighted by molar-refractivity contribution is -0.138. The largest absolute Gasteiger partial charge is 0.395 e. The topological polar surface area (TPSA) is 41.9 Å². The van der Waals surface area contributed by atoms with Crippen LogP contribution in [0, 0.1) is 5.41 Å². The van der Waals surface area contributed by atoms with Crippen LogP contribution in [0.1, 0.15) is 24.8 Å². The Morgan fingerprint density at radius 1 is 1.09 bits per heavy atom. The number of benzene rings is 1. The van der Waals surface area contributed by atoms with Crippen LogP contribution >= 0.6 is 0 Å². The van der Waals surface area contributed by atoms with E-state index in [1.807, 2.05) is 0 Å². The van der Waals surface area contributed by atoms with Crippen LogP contribution in [0.4, 0.5) is 0 Å². The van der Waals surface area contributed by atoms with Crippen LogP contribution in [0.15, 0.2) is 42.0 Å². The Morgan fingerprint density at radius 2 is 1.87 bits per heavy atom.